The monoisotopic (exact) mass is 387 g/mol. The van der Waals surface area contributed by atoms with Crippen molar-refractivity contribution in [1.82, 2.24) is 5.32 Å². The van der Waals surface area contributed by atoms with E-state index in [0.29, 0.717) is 16.9 Å². The second-order valence-corrected chi connectivity index (χ2v) is 6.24. The summed E-state index contributed by atoms with van der Waals surface area (Å²) in [5.41, 5.74) is 1.42. The summed E-state index contributed by atoms with van der Waals surface area (Å²) in [5, 5.41) is 7.97. The first-order chi connectivity index (χ1) is 11.5. The fourth-order valence-corrected chi connectivity index (χ4v) is 2.82. The van der Waals surface area contributed by atoms with Crippen LogP contribution < -0.4 is 16.0 Å². The molecule has 0 aromatic heterocycles. The molecule has 2 aromatic carbocycles. The predicted octanol–water partition coefficient (Wildman–Crippen LogP) is 2.53. The Morgan fingerprint density at radius 1 is 1.12 bits per heavy atom. The lowest BCUT2D eigenvalue weighted by atomic mass is 10.1. The van der Waals surface area contributed by atoms with E-state index in [0.717, 1.165) is 4.47 Å². The Hall–Kier alpha value is -2.67. The minimum atomic E-state index is -0.933. The second kappa shape index (κ2) is 6.84. The maximum Gasteiger partial charge on any atom is 0.254 e. The van der Waals surface area contributed by atoms with E-state index >= 15 is 0 Å². The molecule has 0 aliphatic carbocycles. The zero-order chi connectivity index (χ0) is 17.1. The minimum absolute atomic E-state index is 0.155. The van der Waals surface area contributed by atoms with Gasteiger partial charge in [0.15, 0.2) is 0 Å². The first-order valence-electron chi connectivity index (χ1n) is 7.29. The highest BCUT2D eigenvalue weighted by Crippen LogP contribution is 2.19. The zero-order valence-corrected chi connectivity index (χ0v) is 14.1. The molecule has 3 amide bonds. The number of para-hydroxylation sites is 1. The Morgan fingerprint density at radius 2 is 1.92 bits per heavy atom. The second-order valence-electron chi connectivity index (χ2n) is 5.32. The van der Waals surface area contributed by atoms with E-state index in [4.69, 9.17) is 0 Å². The van der Waals surface area contributed by atoms with Crippen molar-refractivity contribution >= 4 is 45.0 Å². The molecule has 1 atom stereocenters. The molecular formula is C17H14BrN3O3. The average Bonchev–Trinajstić information content (AvgIpc) is 2.65. The van der Waals surface area contributed by atoms with E-state index in [1.54, 1.807) is 42.5 Å². The molecule has 0 unspecified atom stereocenters. The first-order valence-corrected chi connectivity index (χ1v) is 8.08. The first kappa shape index (κ1) is 16.2. The largest absolute Gasteiger partial charge is 0.340 e. The topological polar surface area (TPSA) is 87.3 Å². The molecule has 1 heterocycles. The van der Waals surface area contributed by atoms with Gasteiger partial charge in [-0.25, -0.2) is 0 Å². The number of fused-ring (bicyclic) bond motifs is 1. The standard InChI is InChI=1S/C17H14BrN3O3/c18-10-4-3-5-11(8-10)19-15(22)9-14-17(24)20-13-7-2-1-6-12(13)16(23)21-14/h1-8,14H,9H2,(H,19,22)(H,20,24)(H,21,23)/t14-/m1/s1. The highest BCUT2D eigenvalue weighted by atomic mass is 79.9. The number of nitrogens with one attached hydrogen (secondary N) is 3. The average molecular weight is 388 g/mol. The number of hydrogen-bond acceptors (Lipinski definition) is 3. The van der Waals surface area contributed by atoms with Crippen LogP contribution in [0.5, 0.6) is 0 Å². The van der Waals surface area contributed by atoms with E-state index in [-0.39, 0.29) is 18.2 Å². The van der Waals surface area contributed by atoms with Gasteiger partial charge in [0.25, 0.3) is 5.91 Å². The Labute approximate surface area is 146 Å². The molecule has 0 fully saturated rings. The smallest absolute Gasteiger partial charge is 0.254 e. The number of halogens is 1. The molecule has 0 spiro atoms. The van der Waals surface area contributed by atoms with E-state index in [2.05, 4.69) is 31.9 Å². The van der Waals surface area contributed by atoms with Crippen molar-refractivity contribution in [3.8, 4) is 0 Å². The Balaban J connectivity index is 1.70. The van der Waals surface area contributed by atoms with Crippen LogP contribution in [0.3, 0.4) is 0 Å². The number of amides is 3. The molecule has 6 nitrogen and oxygen atoms in total. The van der Waals surface area contributed by atoms with Gasteiger partial charge in [0.05, 0.1) is 17.7 Å². The zero-order valence-electron chi connectivity index (χ0n) is 12.5. The third kappa shape index (κ3) is 3.62. The number of anilines is 2. The van der Waals surface area contributed by atoms with Gasteiger partial charge in [0.2, 0.25) is 11.8 Å². The molecule has 24 heavy (non-hydrogen) atoms. The van der Waals surface area contributed by atoms with E-state index < -0.39 is 11.9 Å². The fourth-order valence-electron chi connectivity index (χ4n) is 2.42. The van der Waals surface area contributed by atoms with Gasteiger partial charge in [-0.05, 0) is 30.3 Å². The highest BCUT2D eigenvalue weighted by molar-refractivity contribution is 9.10. The van der Waals surface area contributed by atoms with Crippen molar-refractivity contribution in [1.29, 1.82) is 0 Å². The van der Waals surface area contributed by atoms with Crippen molar-refractivity contribution in [3.63, 3.8) is 0 Å². The van der Waals surface area contributed by atoms with Crippen LogP contribution in [0.15, 0.2) is 53.0 Å². The van der Waals surface area contributed by atoms with Crippen molar-refractivity contribution in [2.75, 3.05) is 10.6 Å². The summed E-state index contributed by atoms with van der Waals surface area (Å²) in [6.07, 6.45) is -0.155. The summed E-state index contributed by atoms with van der Waals surface area (Å²) < 4.78 is 0.830. The molecule has 0 saturated heterocycles. The summed E-state index contributed by atoms with van der Waals surface area (Å²) in [5.74, 6) is -1.17. The number of hydrogen-bond donors (Lipinski definition) is 3. The molecule has 122 valence electrons. The molecule has 0 radical (unpaired) electrons. The van der Waals surface area contributed by atoms with Gasteiger partial charge in [-0.15, -0.1) is 0 Å². The quantitative estimate of drug-likeness (QED) is 0.755. The molecule has 0 saturated carbocycles. The van der Waals surface area contributed by atoms with E-state index in [9.17, 15) is 14.4 Å². The van der Waals surface area contributed by atoms with Gasteiger partial charge in [-0.2, -0.15) is 0 Å². The number of carbonyl (C=O) groups is 3. The third-order valence-corrected chi connectivity index (χ3v) is 4.04. The Bertz CT molecular complexity index is 822. The molecule has 1 aliphatic heterocycles. The number of rotatable bonds is 3. The Morgan fingerprint density at radius 3 is 2.71 bits per heavy atom. The van der Waals surface area contributed by atoms with Crippen LogP contribution in [0.4, 0.5) is 11.4 Å². The SMILES string of the molecule is O=C(C[C@H]1NC(=O)c2ccccc2NC1=O)Nc1cccc(Br)c1. The predicted molar refractivity (Wildman–Crippen MR) is 93.7 cm³/mol. The van der Waals surface area contributed by atoms with Gasteiger partial charge < -0.3 is 16.0 Å². The molecule has 3 N–H and O–H groups in total. The third-order valence-electron chi connectivity index (χ3n) is 3.55. The van der Waals surface area contributed by atoms with Crippen LogP contribution in [0.1, 0.15) is 16.8 Å². The van der Waals surface area contributed by atoms with Crippen molar-refractivity contribution < 1.29 is 14.4 Å². The maximum atomic E-state index is 12.3. The lowest BCUT2D eigenvalue weighted by Gasteiger charge is -2.14. The van der Waals surface area contributed by atoms with Crippen molar-refractivity contribution in [2.45, 2.75) is 12.5 Å². The molecule has 0 bridgehead atoms. The summed E-state index contributed by atoms with van der Waals surface area (Å²) in [4.78, 5) is 36.6. The van der Waals surface area contributed by atoms with Gasteiger partial charge >= 0.3 is 0 Å². The lowest BCUT2D eigenvalue weighted by Crippen LogP contribution is -2.43. The van der Waals surface area contributed by atoms with Gasteiger partial charge in [-0.3, -0.25) is 14.4 Å². The van der Waals surface area contributed by atoms with Gasteiger partial charge in [0, 0.05) is 10.2 Å². The van der Waals surface area contributed by atoms with Crippen molar-refractivity contribution in [3.05, 3.63) is 58.6 Å². The lowest BCUT2D eigenvalue weighted by molar-refractivity contribution is -0.122. The van der Waals surface area contributed by atoms with Crippen LogP contribution in [-0.2, 0) is 9.59 Å². The summed E-state index contributed by atoms with van der Waals surface area (Å²) in [7, 11) is 0. The van der Waals surface area contributed by atoms with Crippen LogP contribution in [0, 0.1) is 0 Å². The number of benzene rings is 2. The van der Waals surface area contributed by atoms with E-state index in [1.165, 1.54) is 0 Å². The summed E-state index contributed by atoms with van der Waals surface area (Å²) in [6, 6.07) is 12.9. The normalized spacial score (nSPS) is 16.5. The summed E-state index contributed by atoms with van der Waals surface area (Å²) >= 11 is 3.32. The maximum absolute atomic E-state index is 12.3. The van der Waals surface area contributed by atoms with Crippen LogP contribution in [0.25, 0.3) is 0 Å². The molecule has 3 rings (SSSR count). The molecular weight excluding hydrogens is 374 g/mol. The summed E-state index contributed by atoms with van der Waals surface area (Å²) in [6.45, 7) is 0. The Kier molecular flexibility index (Phi) is 4.61. The van der Waals surface area contributed by atoms with Crippen molar-refractivity contribution in [2.24, 2.45) is 0 Å². The van der Waals surface area contributed by atoms with Gasteiger partial charge in [0.1, 0.15) is 6.04 Å². The van der Waals surface area contributed by atoms with Crippen LogP contribution in [-0.4, -0.2) is 23.8 Å². The van der Waals surface area contributed by atoms with Gasteiger partial charge in [-0.1, -0.05) is 34.1 Å². The highest BCUT2D eigenvalue weighted by Gasteiger charge is 2.29. The fraction of sp³-hybridized carbons (Fsp3) is 0.118. The molecule has 7 heteroatoms. The molecule has 2 aromatic rings. The van der Waals surface area contributed by atoms with Crippen LogP contribution >= 0.6 is 15.9 Å². The van der Waals surface area contributed by atoms with E-state index in [1.807, 2.05) is 6.07 Å². The van der Waals surface area contributed by atoms with Crippen LogP contribution in [0.2, 0.25) is 0 Å². The molecule has 1 aliphatic rings. The number of carbonyl (C=O) groups excluding carboxylic acids is 3. The minimum Gasteiger partial charge on any atom is -0.340 e.